The predicted octanol–water partition coefficient (Wildman–Crippen LogP) is 3.81. The van der Waals surface area contributed by atoms with Gasteiger partial charge < -0.3 is 9.30 Å². The Morgan fingerprint density at radius 2 is 1.96 bits per heavy atom. The summed E-state index contributed by atoms with van der Waals surface area (Å²) in [5, 5.41) is 0.660. The number of carbonyl (C=O) groups excluding carboxylic acids is 1. The van der Waals surface area contributed by atoms with Gasteiger partial charge in [0.25, 0.3) is 6.10 Å². The molecule has 0 aliphatic carbocycles. The number of nitrogens with zero attached hydrogens (tertiary/aromatic N) is 4. The van der Waals surface area contributed by atoms with Gasteiger partial charge in [-0.1, -0.05) is 0 Å². The van der Waals surface area contributed by atoms with Gasteiger partial charge in [0.1, 0.15) is 15.5 Å². The molecule has 138 valence electrons. The van der Waals surface area contributed by atoms with Crippen molar-refractivity contribution >= 4 is 27.5 Å². The third-order valence-corrected chi connectivity index (χ3v) is 5.05. The van der Waals surface area contributed by atoms with E-state index in [2.05, 4.69) is 15.0 Å². The van der Waals surface area contributed by atoms with E-state index in [-0.39, 0.29) is 4.88 Å². The molecule has 0 amide bonds. The zero-order valence-electron chi connectivity index (χ0n) is 14.4. The van der Waals surface area contributed by atoms with Crippen molar-refractivity contribution in [2.24, 2.45) is 7.05 Å². The smallest absolute Gasteiger partial charge is 0.432 e. The van der Waals surface area contributed by atoms with Crippen molar-refractivity contribution in [2.75, 3.05) is 0 Å². The van der Waals surface area contributed by atoms with Gasteiger partial charge in [-0.3, -0.25) is 0 Å². The Morgan fingerprint density at radius 1 is 1.27 bits per heavy atom. The van der Waals surface area contributed by atoms with Gasteiger partial charge in [-0.05, 0) is 26.3 Å². The van der Waals surface area contributed by atoms with Crippen LogP contribution in [0, 0.1) is 20.8 Å². The lowest BCUT2D eigenvalue weighted by molar-refractivity contribution is -0.210. The van der Waals surface area contributed by atoms with E-state index in [1.54, 1.807) is 20.8 Å². The third-order valence-electron chi connectivity index (χ3n) is 3.88. The molecule has 0 fully saturated rings. The van der Waals surface area contributed by atoms with E-state index < -0.39 is 24.1 Å². The number of aromatic nitrogens is 4. The molecule has 0 aliphatic rings. The molecule has 3 aromatic heterocycles. The average molecular weight is 384 g/mol. The van der Waals surface area contributed by atoms with Crippen LogP contribution >= 0.6 is 11.3 Å². The molecule has 0 aliphatic heterocycles. The van der Waals surface area contributed by atoms with Crippen LogP contribution in [0.4, 0.5) is 13.2 Å². The number of hydrogen-bond donors (Lipinski definition) is 0. The number of halogens is 3. The summed E-state index contributed by atoms with van der Waals surface area (Å²) in [5.74, 6) is -0.929. The quantitative estimate of drug-likeness (QED) is 0.642. The number of thiophene rings is 1. The van der Waals surface area contributed by atoms with Gasteiger partial charge in [0, 0.05) is 30.5 Å². The van der Waals surface area contributed by atoms with Crippen LogP contribution < -0.4 is 0 Å². The summed E-state index contributed by atoms with van der Waals surface area (Å²) in [6.07, 6.45) is -4.66. The van der Waals surface area contributed by atoms with E-state index in [9.17, 15) is 18.0 Å². The number of imidazole rings is 1. The molecule has 1 unspecified atom stereocenters. The number of ether oxygens (including phenoxy) is 1. The van der Waals surface area contributed by atoms with Crippen molar-refractivity contribution in [2.45, 2.75) is 33.1 Å². The van der Waals surface area contributed by atoms with Gasteiger partial charge in [0.15, 0.2) is 5.82 Å². The number of esters is 1. The molecule has 3 rings (SSSR count). The third kappa shape index (κ3) is 3.16. The summed E-state index contributed by atoms with van der Waals surface area (Å²) in [6, 6.07) is 0. The largest absolute Gasteiger partial charge is 0.440 e. The van der Waals surface area contributed by atoms with Crippen molar-refractivity contribution in [3.63, 3.8) is 0 Å². The van der Waals surface area contributed by atoms with Gasteiger partial charge in [0.2, 0.25) is 0 Å². The first-order valence-corrected chi connectivity index (χ1v) is 8.40. The highest BCUT2D eigenvalue weighted by atomic mass is 32.1. The summed E-state index contributed by atoms with van der Waals surface area (Å²) >= 11 is 0.994. The van der Waals surface area contributed by atoms with Crippen LogP contribution in [0.3, 0.4) is 0 Å². The van der Waals surface area contributed by atoms with E-state index in [4.69, 9.17) is 4.74 Å². The molecule has 26 heavy (non-hydrogen) atoms. The molecule has 1 atom stereocenters. The minimum Gasteiger partial charge on any atom is -0.440 e. The van der Waals surface area contributed by atoms with Crippen LogP contribution in [-0.2, 0) is 11.8 Å². The minimum atomic E-state index is -4.79. The maximum absolute atomic E-state index is 13.4. The molecule has 10 heteroatoms. The molecular formula is C16H15F3N4O2S. The molecule has 0 saturated carbocycles. The zero-order valence-corrected chi connectivity index (χ0v) is 15.2. The summed E-state index contributed by atoms with van der Waals surface area (Å²) in [5.41, 5.74) is 1.17. The Bertz CT molecular complexity index is 993. The summed E-state index contributed by atoms with van der Waals surface area (Å²) in [6.45, 7) is 5.11. The van der Waals surface area contributed by atoms with Crippen LogP contribution in [0.5, 0.6) is 0 Å². The molecule has 0 aromatic carbocycles. The SMILES string of the molecule is Cc1nc(C)c2c(C)c(C(=O)OC(c3nccn3C)C(F)(F)F)sc2n1. The highest BCUT2D eigenvalue weighted by Gasteiger charge is 2.47. The first kappa shape index (κ1) is 18.3. The van der Waals surface area contributed by atoms with E-state index in [0.29, 0.717) is 27.3 Å². The van der Waals surface area contributed by atoms with Crippen molar-refractivity contribution in [3.8, 4) is 0 Å². The molecule has 0 N–H and O–H groups in total. The molecule has 0 bridgehead atoms. The van der Waals surface area contributed by atoms with Crippen LogP contribution in [0.2, 0.25) is 0 Å². The predicted molar refractivity (Wildman–Crippen MR) is 89.0 cm³/mol. The fourth-order valence-electron chi connectivity index (χ4n) is 2.72. The van der Waals surface area contributed by atoms with Gasteiger partial charge in [-0.15, -0.1) is 11.3 Å². The molecule has 0 radical (unpaired) electrons. The van der Waals surface area contributed by atoms with Crippen LogP contribution in [0.25, 0.3) is 10.2 Å². The second-order valence-corrected chi connectivity index (χ2v) is 6.81. The lowest BCUT2D eigenvalue weighted by atomic mass is 10.1. The summed E-state index contributed by atoms with van der Waals surface area (Å²) < 4.78 is 46.2. The Hall–Kier alpha value is -2.49. The molecule has 3 aromatic rings. The molecule has 0 spiro atoms. The average Bonchev–Trinajstić information content (AvgIpc) is 3.07. The first-order valence-electron chi connectivity index (χ1n) is 7.59. The highest BCUT2D eigenvalue weighted by Crippen LogP contribution is 2.38. The normalized spacial score (nSPS) is 13.2. The number of fused-ring (bicyclic) bond motifs is 1. The minimum absolute atomic E-state index is 0.0754. The molecule has 0 saturated heterocycles. The second-order valence-electron chi connectivity index (χ2n) is 5.82. The summed E-state index contributed by atoms with van der Waals surface area (Å²) in [4.78, 5) is 25.3. The van der Waals surface area contributed by atoms with Gasteiger partial charge in [-0.2, -0.15) is 13.2 Å². The maximum Gasteiger partial charge on any atom is 0.432 e. The van der Waals surface area contributed by atoms with Crippen LogP contribution in [-0.4, -0.2) is 31.7 Å². The van der Waals surface area contributed by atoms with E-state index in [0.717, 1.165) is 11.3 Å². The number of hydrogen-bond acceptors (Lipinski definition) is 6. The van der Waals surface area contributed by atoms with E-state index in [1.807, 2.05) is 0 Å². The monoisotopic (exact) mass is 384 g/mol. The van der Waals surface area contributed by atoms with Gasteiger partial charge in [-0.25, -0.2) is 19.7 Å². The number of carbonyl (C=O) groups is 1. The Kier molecular flexibility index (Phi) is 4.47. The Morgan fingerprint density at radius 3 is 2.54 bits per heavy atom. The van der Waals surface area contributed by atoms with Crippen LogP contribution in [0.1, 0.15) is 38.7 Å². The molecule has 3 heterocycles. The van der Waals surface area contributed by atoms with E-state index in [1.165, 1.54) is 24.0 Å². The van der Waals surface area contributed by atoms with Gasteiger partial charge >= 0.3 is 12.1 Å². The molecular weight excluding hydrogens is 369 g/mol. The van der Waals surface area contributed by atoms with Crippen molar-refractivity contribution in [1.29, 1.82) is 0 Å². The Labute approximate surface area is 150 Å². The summed E-state index contributed by atoms with van der Waals surface area (Å²) in [7, 11) is 1.40. The topological polar surface area (TPSA) is 69.9 Å². The number of rotatable bonds is 3. The number of alkyl halides is 3. The fraction of sp³-hybridized carbons (Fsp3) is 0.375. The lowest BCUT2D eigenvalue weighted by Gasteiger charge is -2.20. The number of aryl methyl sites for hydroxylation is 4. The Balaban J connectivity index is 2.01. The van der Waals surface area contributed by atoms with Crippen molar-refractivity contribution < 1.29 is 22.7 Å². The highest BCUT2D eigenvalue weighted by molar-refractivity contribution is 7.20. The van der Waals surface area contributed by atoms with E-state index >= 15 is 0 Å². The lowest BCUT2D eigenvalue weighted by Crippen LogP contribution is -2.28. The zero-order chi connectivity index (χ0) is 19.2. The standard InChI is InChI=1S/C16H15F3N4O2S/c1-7-10-8(2)21-9(3)22-14(10)26-11(7)15(24)25-12(16(17,18)19)13-20-5-6-23(13)4/h5-6,12H,1-4H3. The van der Waals surface area contributed by atoms with Crippen molar-refractivity contribution in [3.05, 3.63) is 40.2 Å². The van der Waals surface area contributed by atoms with Gasteiger partial charge in [0.05, 0.1) is 0 Å². The first-order chi connectivity index (χ1) is 12.1. The maximum atomic E-state index is 13.4. The fourth-order valence-corrected chi connectivity index (χ4v) is 3.89. The van der Waals surface area contributed by atoms with Crippen LogP contribution in [0.15, 0.2) is 12.4 Å². The second kappa shape index (κ2) is 6.35. The van der Waals surface area contributed by atoms with Crippen molar-refractivity contribution in [1.82, 2.24) is 19.5 Å². The molecule has 6 nitrogen and oxygen atoms in total.